The second kappa shape index (κ2) is 11.1. The van der Waals surface area contributed by atoms with E-state index in [0.717, 1.165) is 28.2 Å². The molecule has 40 heavy (non-hydrogen) atoms. The van der Waals surface area contributed by atoms with E-state index in [1.807, 2.05) is 83.3 Å². The molecule has 1 aromatic carbocycles. The molecule has 0 fully saturated rings. The lowest BCUT2D eigenvalue weighted by molar-refractivity contribution is -0.127. The molecule has 0 bridgehead atoms. The van der Waals surface area contributed by atoms with Crippen LogP contribution < -0.4 is 19.6 Å². The number of para-hydroxylation sites is 1. The number of hydrogen-bond acceptors (Lipinski definition) is 6. The molecule has 0 saturated heterocycles. The summed E-state index contributed by atoms with van der Waals surface area (Å²) in [7, 11) is 1.60. The first-order valence-electron chi connectivity index (χ1n) is 13.3. The number of fused-ring (bicyclic) bond motifs is 1. The van der Waals surface area contributed by atoms with E-state index < -0.39 is 6.04 Å². The maximum Gasteiger partial charge on any atom is 0.271 e. The molecule has 4 aromatic rings. The molecule has 1 aliphatic heterocycles. The molecule has 1 amide bonds. The van der Waals surface area contributed by atoms with Gasteiger partial charge in [0.15, 0.2) is 4.80 Å². The van der Waals surface area contributed by atoms with Gasteiger partial charge in [0.25, 0.3) is 11.5 Å². The lowest BCUT2D eigenvalue weighted by Gasteiger charge is -2.29. The van der Waals surface area contributed by atoms with Crippen molar-refractivity contribution in [2.45, 2.75) is 40.7 Å². The lowest BCUT2D eigenvalue weighted by Crippen LogP contribution is -2.43. The Balaban J connectivity index is 1.73. The number of ether oxygens (including phenoxy) is 1. The van der Waals surface area contributed by atoms with Gasteiger partial charge in [-0.05, 0) is 70.5 Å². The maximum absolute atomic E-state index is 14.1. The highest BCUT2D eigenvalue weighted by Gasteiger charge is 2.35. The third kappa shape index (κ3) is 4.60. The SMILES string of the molecule is CCN(CC)C(=O)C1=C(C)N=c2s/c(=C/c3cc(C)n(-c4cccnc4)c3C)c(=O)n2[C@@H]1c1ccccc1OC. The Kier molecular flexibility index (Phi) is 7.58. The highest BCUT2D eigenvalue weighted by molar-refractivity contribution is 7.07. The van der Waals surface area contributed by atoms with Crippen molar-refractivity contribution < 1.29 is 9.53 Å². The van der Waals surface area contributed by atoms with Crippen molar-refractivity contribution in [3.63, 3.8) is 0 Å². The monoisotopic (exact) mass is 555 g/mol. The topological polar surface area (TPSA) is 81.7 Å². The van der Waals surface area contributed by atoms with Gasteiger partial charge in [0.2, 0.25) is 0 Å². The van der Waals surface area contributed by atoms with Crippen LogP contribution in [0.2, 0.25) is 0 Å². The van der Waals surface area contributed by atoms with Gasteiger partial charge in [-0.1, -0.05) is 29.5 Å². The molecule has 9 heteroatoms. The Labute approximate surface area is 237 Å². The van der Waals surface area contributed by atoms with Gasteiger partial charge in [0.1, 0.15) is 11.8 Å². The summed E-state index contributed by atoms with van der Waals surface area (Å²) in [5.41, 5.74) is 5.60. The van der Waals surface area contributed by atoms with E-state index in [-0.39, 0.29) is 11.5 Å². The van der Waals surface area contributed by atoms with Crippen molar-refractivity contribution in [1.29, 1.82) is 0 Å². The van der Waals surface area contributed by atoms with Crippen molar-refractivity contribution in [2.75, 3.05) is 20.2 Å². The first kappa shape index (κ1) is 27.3. The predicted molar refractivity (Wildman–Crippen MR) is 158 cm³/mol. The van der Waals surface area contributed by atoms with Gasteiger partial charge in [-0.2, -0.15) is 0 Å². The van der Waals surface area contributed by atoms with Gasteiger partial charge in [0.05, 0.1) is 34.8 Å². The number of methoxy groups -OCH3 is 1. The summed E-state index contributed by atoms with van der Waals surface area (Å²) in [4.78, 5) is 39.3. The number of benzene rings is 1. The summed E-state index contributed by atoms with van der Waals surface area (Å²) in [5, 5.41) is 0. The summed E-state index contributed by atoms with van der Waals surface area (Å²) >= 11 is 1.33. The minimum atomic E-state index is -0.662. The fourth-order valence-corrected chi connectivity index (χ4v) is 6.46. The molecule has 8 nitrogen and oxygen atoms in total. The van der Waals surface area contributed by atoms with Crippen LogP contribution in [-0.4, -0.2) is 45.1 Å². The number of carbonyl (C=O) groups excluding carboxylic acids is 1. The fourth-order valence-electron chi connectivity index (χ4n) is 5.42. The largest absolute Gasteiger partial charge is 0.496 e. The molecule has 0 radical (unpaired) electrons. The predicted octanol–water partition coefficient (Wildman–Crippen LogP) is 3.91. The molecule has 1 atom stereocenters. The summed E-state index contributed by atoms with van der Waals surface area (Å²) in [6.45, 7) is 10.9. The van der Waals surface area contributed by atoms with E-state index in [0.29, 0.717) is 39.4 Å². The van der Waals surface area contributed by atoms with Crippen LogP contribution in [-0.2, 0) is 4.79 Å². The van der Waals surface area contributed by atoms with Crippen LogP contribution in [0.25, 0.3) is 11.8 Å². The zero-order valence-corrected chi connectivity index (χ0v) is 24.5. The number of hydrogen-bond donors (Lipinski definition) is 0. The number of nitrogens with zero attached hydrogens (tertiary/aromatic N) is 5. The second-order valence-corrected chi connectivity index (χ2v) is 10.7. The van der Waals surface area contributed by atoms with Crippen LogP contribution in [0, 0.1) is 13.8 Å². The van der Waals surface area contributed by atoms with Gasteiger partial charge in [-0.3, -0.25) is 19.1 Å². The lowest BCUT2D eigenvalue weighted by atomic mass is 9.94. The van der Waals surface area contributed by atoms with E-state index >= 15 is 0 Å². The number of rotatable bonds is 7. The van der Waals surface area contributed by atoms with Crippen LogP contribution >= 0.6 is 11.3 Å². The molecule has 206 valence electrons. The molecular weight excluding hydrogens is 522 g/mol. The van der Waals surface area contributed by atoms with Gasteiger partial charge in [0, 0.05) is 36.2 Å². The third-order valence-corrected chi connectivity index (χ3v) is 8.38. The molecule has 4 heterocycles. The summed E-state index contributed by atoms with van der Waals surface area (Å²) in [6.07, 6.45) is 5.49. The molecule has 0 spiro atoms. The number of thiazole rings is 1. The molecule has 0 aliphatic carbocycles. The summed E-state index contributed by atoms with van der Waals surface area (Å²) in [6, 6.07) is 12.9. The number of amides is 1. The van der Waals surface area contributed by atoms with E-state index in [9.17, 15) is 9.59 Å². The number of aromatic nitrogens is 3. The smallest absolute Gasteiger partial charge is 0.271 e. The van der Waals surface area contributed by atoms with Gasteiger partial charge in [-0.25, -0.2) is 4.99 Å². The molecule has 0 saturated carbocycles. The number of likely N-dealkylation sites (N-methyl/N-ethyl adjacent to an activating group) is 1. The Morgan fingerprint density at radius 2 is 1.88 bits per heavy atom. The Morgan fingerprint density at radius 1 is 1.12 bits per heavy atom. The average Bonchev–Trinajstić information content (AvgIpc) is 3.42. The Hall–Kier alpha value is -4.24. The Bertz CT molecular complexity index is 1790. The molecule has 0 unspecified atom stereocenters. The van der Waals surface area contributed by atoms with Crippen LogP contribution in [0.1, 0.15) is 49.3 Å². The number of pyridine rings is 1. The standard InChI is InChI=1S/C31H33N5O3S/c1-7-34(8-2)30(38)27-20(4)33-31-36(28(27)24-13-9-10-14-25(24)39-6)29(37)26(40-31)17-22-16-19(3)35(21(22)5)23-12-11-15-32-18-23/h9-18,28H,7-8H2,1-6H3/b26-17+/t28-/m1/s1. The van der Waals surface area contributed by atoms with Crippen molar-refractivity contribution in [1.82, 2.24) is 19.0 Å². The maximum atomic E-state index is 14.1. The molecule has 1 aliphatic rings. The zero-order chi connectivity index (χ0) is 28.6. The van der Waals surface area contributed by atoms with E-state index in [1.165, 1.54) is 11.3 Å². The van der Waals surface area contributed by atoms with Gasteiger partial charge >= 0.3 is 0 Å². The first-order chi connectivity index (χ1) is 19.3. The number of allylic oxidation sites excluding steroid dienone is 1. The van der Waals surface area contributed by atoms with Gasteiger partial charge < -0.3 is 14.2 Å². The van der Waals surface area contributed by atoms with Crippen LogP contribution in [0.4, 0.5) is 0 Å². The van der Waals surface area contributed by atoms with Crippen LogP contribution in [0.5, 0.6) is 5.75 Å². The first-order valence-corrected chi connectivity index (χ1v) is 14.2. The summed E-state index contributed by atoms with van der Waals surface area (Å²) in [5.74, 6) is 0.484. The van der Waals surface area contributed by atoms with Crippen LogP contribution in [0.3, 0.4) is 0 Å². The molecular formula is C31H33N5O3S. The van der Waals surface area contributed by atoms with E-state index in [4.69, 9.17) is 9.73 Å². The Morgan fingerprint density at radius 3 is 2.55 bits per heavy atom. The zero-order valence-electron chi connectivity index (χ0n) is 23.6. The fraction of sp³-hybridized carbons (Fsp3) is 0.290. The normalized spacial score (nSPS) is 15.2. The molecule has 0 N–H and O–H groups in total. The van der Waals surface area contributed by atoms with Gasteiger partial charge in [-0.15, -0.1) is 0 Å². The van der Waals surface area contributed by atoms with Crippen LogP contribution in [0.15, 0.2) is 75.9 Å². The van der Waals surface area contributed by atoms with Crippen molar-refractivity contribution in [2.24, 2.45) is 4.99 Å². The van der Waals surface area contributed by atoms with Crippen molar-refractivity contribution in [3.05, 3.63) is 108 Å². The number of aryl methyl sites for hydroxylation is 1. The quantitative estimate of drug-likeness (QED) is 0.346. The second-order valence-electron chi connectivity index (χ2n) is 9.67. The molecule has 3 aromatic heterocycles. The molecule has 5 rings (SSSR count). The minimum Gasteiger partial charge on any atom is -0.496 e. The number of carbonyl (C=O) groups is 1. The average molecular weight is 556 g/mol. The van der Waals surface area contributed by atoms with Crippen molar-refractivity contribution in [3.8, 4) is 11.4 Å². The van der Waals surface area contributed by atoms with Crippen molar-refractivity contribution >= 4 is 23.3 Å². The highest BCUT2D eigenvalue weighted by Crippen LogP contribution is 2.36. The minimum absolute atomic E-state index is 0.128. The third-order valence-electron chi connectivity index (χ3n) is 7.40. The highest BCUT2D eigenvalue weighted by atomic mass is 32.1. The van der Waals surface area contributed by atoms with E-state index in [1.54, 1.807) is 22.8 Å². The summed E-state index contributed by atoms with van der Waals surface area (Å²) < 4.78 is 10.0. The van der Waals surface area contributed by atoms with E-state index in [2.05, 4.69) is 15.6 Å².